The lowest BCUT2D eigenvalue weighted by molar-refractivity contribution is 0.189. The first-order chi connectivity index (χ1) is 16.6. The van der Waals surface area contributed by atoms with E-state index in [0.717, 1.165) is 32.8 Å². The number of nitrogens with two attached hydrogens (primary N) is 1. The Morgan fingerprint density at radius 3 is 2.85 bits per heavy atom. The van der Waals surface area contributed by atoms with Gasteiger partial charge in [0.15, 0.2) is 11.6 Å². The Morgan fingerprint density at radius 2 is 2.12 bits per heavy atom. The second kappa shape index (κ2) is 9.72. The third kappa shape index (κ3) is 4.84. The molecule has 4 N–H and O–H groups in total. The minimum absolute atomic E-state index is 0.0361. The zero-order valence-corrected chi connectivity index (χ0v) is 18.9. The van der Waals surface area contributed by atoms with Crippen molar-refractivity contribution in [1.29, 1.82) is 0 Å². The number of rotatable bonds is 6. The molecule has 0 radical (unpaired) electrons. The number of nitrogens with zero attached hydrogens (tertiary/aromatic N) is 2. The van der Waals surface area contributed by atoms with Gasteiger partial charge in [-0.2, -0.15) is 0 Å². The van der Waals surface area contributed by atoms with Gasteiger partial charge in [-0.25, -0.2) is 9.18 Å². The predicted octanol–water partition coefficient (Wildman–Crippen LogP) is 4.66. The van der Waals surface area contributed by atoms with E-state index < -0.39 is 11.8 Å². The van der Waals surface area contributed by atoms with Crippen LogP contribution in [0.4, 0.5) is 14.9 Å². The highest BCUT2D eigenvalue weighted by molar-refractivity contribution is 7.22. The van der Waals surface area contributed by atoms with Crippen molar-refractivity contribution in [3.8, 4) is 22.1 Å². The Balaban J connectivity index is 1.33. The molecule has 1 saturated heterocycles. The van der Waals surface area contributed by atoms with E-state index in [1.807, 2.05) is 18.2 Å². The lowest BCUT2D eigenvalue weighted by Crippen LogP contribution is -2.38. The molecule has 4 heterocycles. The molecule has 0 unspecified atom stereocenters. The summed E-state index contributed by atoms with van der Waals surface area (Å²) >= 11 is 1.46. The number of hydrogen-bond acceptors (Lipinski definition) is 7. The molecule has 34 heavy (non-hydrogen) atoms. The molecule has 3 aromatic heterocycles. The number of nitrogens with one attached hydrogen (secondary N) is 2. The number of amides is 2. The van der Waals surface area contributed by atoms with Crippen LogP contribution in [-0.2, 0) is 11.3 Å². The lowest BCUT2D eigenvalue weighted by atomic mass is 10.2. The summed E-state index contributed by atoms with van der Waals surface area (Å²) in [5.74, 6) is -0.0655. The largest absolute Gasteiger partial charge is 0.453 e. The molecule has 1 aliphatic rings. The van der Waals surface area contributed by atoms with E-state index in [0.29, 0.717) is 31.2 Å². The van der Waals surface area contributed by atoms with Crippen LogP contribution in [0.2, 0.25) is 0 Å². The zero-order valence-electron chi connectivity index (χ0n) is 18.1. The summed E-state index contributed by atoms with van der Waals surface area (Å²) in [6.45, 7) is 1.53. The minimum atomic E-state index is -0.595. The zero-order chi connectivity index (χ0) is 23.5. The first-order valence-corrected chi connectivity index (χ1v) is 11.6. The number of fused-ring (bicyclic) bond motifs is 1. The summed E-state index contributed by atoms with van der Waals surface area (Å²) in [6.07, 6.45) is 4.12. The van der Waals surface area contributed by atoms with E-state index in [1.165, 1.54) is 23.5 Å². The Labute approximate surface area is 198 Å². The molecule has 0 spiro atoms. The van der Waals surface area contributed by atoms with Gasteiger partial charge in [0.2, 0.25) is 0 Å². The molecule has 0 bridgehead atoms. The summed E-state index contributed by atoms with van der Waals surface area (Å²) in [4.78, 5) is 21.9. The third-order valence-corrected chi connectivity index (χ3v) is 6.52. The van der Waals surface area contributed by atoms with Crippen LogP contribution < -0.4 is 21.1 Å². The Hall–Kier alpha value is -3.60. The number of urea groups is 1. The molecule has 8 nitrogen and oxygen atoms in total. The molecule has 0 aliphatic carbocycles. The van der Waals surface area contributed by atoms with E-state index in [4.69, 9.17) is 15.2 Å². The van der Waals surface area contributed by atoms with Crippen molar-refractivity contribution < 1.29 is 18.7 Å². The van der Waals surface area contributed by atoms with E-state index in [2.05, 4.69) is 20.6 Å². The highest BCUT2D eigenvalue weighted by Gasteiger charge is 2.18. The first kappa shape index (κ1) is 22.2. The topological polar surface area (TPSA) is 111 Å². The van der Waals surface area contributed by atoms with Gasteiger partial charge in [0.05, 0.1) is 33.4 Å². The Kier molecular flexibility index (Phi) is 6.35. The number of benzene rings is 1. The van der Waals surface area contributed by atoms with Gasteiger partial charge in [0.25, 0.3) is 0 Å². The quantitative estimate of drug-likeness (QED) is 0.371. The third-order valence-electron chi connectivity index (χ3n) is 5.36. The molecule has 1 aromatic carbocycles. The average molecular weight is 480 g/mol. The molecule has 4 aromatic rings. The van der Waals surface area contributed by atoms with Crippen molar-refractivity contribution in [3.63, 3.8) is 0 Å². The number of thiophene rings is 1. The molecule has 1 aliphatic heterocycles. The first-order valence-electron chi connectivity index (χ1n) is 10.8. The van der Waals surface area contributed by atoms with Gasteiger partial charge >= 0.3 is 6.03 Å². The second-order valence-electron chi connectivity index (χ2n) is 7.80. The monoisotopic (exact) mass is 479 g/mol. The summed E-state index contributed by atoms with van der Waals surface area (Å²) in [7, 11) is 0. The van der Waals surface area contributed by atoms with Crippen molar-refractivity contribution >= 4 is 33.3 Å². The summed E-state index contributed by atoms with van der Waals surface area (Å²) in [6, 6.07) is 11.3. The molecule has 5 rings (SSSR count). The van der Waals surface area contributed by atoms with Crippen molar-refractivity contribution in [2.45, 2.75) is 19.0 Å². The van der Waals surface area contributed by atoms with Gasteiger partial charge in [-0.3, -0.25) is 9.97 Å². The molecule has 174 valence electrons. The van der Waals surface area contributed by atoms with Crippen molar-refractivity contribution in [2.24, 2.45) is 5.73 Å². The minimum Gasteiger partial charge on any atom is -0.453 e. The van der Waals surface area contributed by atoms with E-state index >= 15 is 0 Å². The highest BCUT2D eigenvalue weighted by atomic mass is 32.1. The van der Waals surface area contributed by atoms with Crippen molar-refractivity contribution in [1.82, 2.24) is 15.3 Å². The standard InChI is InChI=1S/C24H22FN5O3S/c25-17-9-15(29-24(31)30-16-6-8-32-13-16)2-4-20(17)33-21-5-7-27-19-10-22(34-23(19)21)18-3-1-14(11-26)12-28-18/h1-5,7,9-10,12,16H,6,8,11,13,26H2,(H2,29,30,31)/t16-/m1/s1. The number of anilines is 1. The Bertz CT molecular complexity index is 1320. The maximum atomic E-state index is 14.8. The summed E-state index contributed by atoms with van der Waals surface area (Å²) in [5, 5.41) is 5.43. The molecule has 1 fully saturated rings. The lowest BCUT2D eigenvalue weighted by Gasteiger charge is -2.13. The van der Waals surface area contributed by atoms with Crippen molar-refractivity contribution in [3.05, 3.63) is 66.2 Å². The van der Waals surface area contributed by atoms with Crippen LogP contribution >= 0.6 is 11.3 Å². The predicted molar refractivity (Wildman–Crippen MR) is 129 cm³/mol. The fraction of sp³-hybridized carbons (Fsp3) is 0.208. The SMILES string of the molecule is NCc1ccc(-c2cc3nccc(Oc4ccc(NC(=O)N[C@@H]5CCOC5)cc4F)c3s2)nc1. The molecule has 2 amide bonds. The fourth-order valence-electron chi connectivity index (χ4n) is 3.59. The average Bonchev–Trinajstić information content (AvgIpc) is 3.51. The van der Waals surface area contributed by atoms with Gasteiger partial charge in [0, 0.05) is 43.4 Å². The van der Waals surface area contributed by atoms with Gasteiger partial charge in [-0.05, 0) is 36.2 Å². The number of carbonyl (C=O) groups excluding carboxylic acids is 1. The second-order valence-corrected chi connectivity index (χ2v) is 8.85. The van der Waals surface area contributed by atoms with E-state index in [-0.39, 0.29) is 11.8 Å². The van der Waals surface area contributed by atoms with Crippen LogP contribution in [0.1, 0.15) is 12.0 Å². The molecular weight excluding hydrogens is 457 g/mol. The maximum absolute atomic E-state index is 14.8. The maximum Gasteiger partial charge on any atom is 0.319 e. The number of aromatic nitrogens is 2. The normalized spacial score (nSPS) is 15.4. The van der Waals surface area contributed by atoms with Crippen molar-refractivity contribution in [2.75, 3.05) is 18.5 Å². The van der Waals surface area contributed by atoms with Gasteiger partial charge in [0.1, 0.15) is 5.75 Å². The number of halogens is 1. The molecule has 1 atom stereocenters. The van der Waals surface area contributed by atoms with Crippen LogP contribution in [-0.4, -0.2) is 35.3 Å². The van der Waals surface area contributed by atoms with Crippen LogP contribution in [0.25, 0.3) is 20.8 Å². The van der Waals surface area contributed by atoms with E-state index in [9.17, 15) is 9.18 Å². The molecule has 10 heteroatoms. The number of ether oxygens (including phenoxy) is 2. The number of hydrogen-bond donors (Lipinski definition) is 3. The van der Waals surface area contributed by atoms with Crippen LogP contribution in [0.3, 0.4) is 0 Å². The fourth-order valence-corrected chi connectivity index (χ4v) is 4.64. The summed E-state index contributed by atoms with van der Waals surface area (Å²) in [5.41, 5.74) is 8.45. The van der Waals surface area contributed by atoms with Crippen LogP contribution in [0.15, 0.2) is 54.9 Å². The number of carbonyl (C=O) groups is 1. The van der Waals surface area contributed by atoms with E-state index in [1.54, 1.807) is 24.5 Å². The van der Waals surface area contributed by atoms with Crippen LogP contribution in [0, 0.1) is 5.82 Å². The number of pyridine rings is 2. The van der Waals surface area contributed by atoms with Gasteiger partial charge < -0.3 is 25.8 Å². The van der Waals surface area contributed by atoms with Crippen LogP contribution in [0.5, 0.6) is 11.5 Å². The Morgan fingerprint density at radius 1 is 1.21 bits per heavy atom. The smallest absolute Gasteiger partial charge is 0.319 e. The molecular formula is C24H22FN5O3S. The molecule has 0 saturated carbocycles. The van der Waals surface area contributed by atoms with Gasteiger partial charge in [-0.1, -0.05) is 6.07 Å². The highest BCUT2D eigenvalue weighted by Crippen LogP contribution is 2.39. The summed E-state index contributed by atoms with van der Waals surface area (Å²) < 4.78 is 26.7. The van der Waals surface area contributed by atoms with Gasteiger partial charge in [-0.15, -0.1) is 11.3 Å².